The molecule has 0 radical (unpaired) electrons. The van der Waals surface area contributed by atoms with Crippen molar-refractivity contribution in [1.82, 2.24) is 10.2 Å². The standard InChI is InChI=1S/C16H23N3O2/c20-16(17-6-7-19-8-10-21-11-9-19)18-15-5-4-13-2-1-3-14(13)12-15/h4-5,12H,1-3,6-11H2,(H2,17,18,20). The summed E-state index contributed by atoms with van der Waals surface area (Å²) in [7, 11) is 0. The summed E-state index contributed by atoms with van der Waals surface area (Å²) in [5.74, 6) is 0. The van der Waals surface area contributed by atoms with Gasteiger partial charge in [-0.2, -0.15) is 0 Å². The van der Waals surface area contributed by atoms with Crippen LogP contribution in [0.4, 0.5) is 10.5 Å². The van der Waals surface area contributed by atoms with Gasteiger partial charge in [0.05, 0.1) is 13.2 Å². The summed E-state index contributed by atoms with van der Waals surface area (Å²) < 4.78 is 5.30. The van der Waals surface area contributed by atoms with E-state index in [9.17, 15) is 4.79 Å². The molecule has 0 aromatic heterocycles. The van der Waals surface area contributed by atoms with Crippen LogP contribution in [-0.2, 0) is 17.6 Å². The molecule has 1 aromatic rings. The maximum atomic E-state index is 11.9. The lowest BCUT2D eigenvalue weighted by Crippen LogP contribution is -2.42. The molecular weight excluding hydrogens is 266 g/mol. The molecule has 1 aromatic carbocycles. The number of benzene rings is 1. The van der Waals surface area contributed by atoms with Crippen LogP contribution in [0, 0.1) is 0 Å². The van der Waals surface area contributed by atoms with Gasteiger partial charge in [0.15, 0.2) is 0 Å². The molecule has 5 heteroatoms. The number of morpholine rings is 1. The second kappa shape index (κ2) is 6.91. The Hall–Kier alpha value is -1.59. The molecule has 0 unspecified atom stereocenters. The molecule has 2 amide bonds. The molecule has 0 bridgehead atoms. The van der Waals surface area contributed by atoms with E-state index in [1.54, 1.807) is 0 Å². The van der Waals surface area contributed by atoms with E-state index in [-0.39, 0.29) is 6.03 Å². The maximum absolute atomic E-state index is 11.9. The van der Waals surface area contributed by atoms with E-state index in [0.717, 1.165) is 45.0 Å². The normalized spacial score (nSPS) is 18.3. The summed E-state index contributed by atoms with van der Waals surface area (Å²) >= 11 is 0. The molecule has 0 spiro atoms. The van der Waals surface area contributed by atoms with Gasteiger partial charge in [-0.05, 0) is 42.5 Å². The van der Waals surface area contributed by atoms with Gasteiger partial charge >= 0.3 is 6.03 Å². The van der Waals surface area contributed by atoms with E-state index in [4.69, 9.17) is 4.74 Å². The number of hydrogen-bond donors (Lipinski definition) is 2. The lowest BCUT2D eigenvalue weighted by molar-refractivity contribution is 0.0388. The van der Waals surface area contributed by atoms with Crippen LogP contribution in [0.2, 0.25) is 0 Å². The zero-order valence-corrected chi connectivity index (χ0v) is 12.4. The third kappa shape index (κ3) is 3.95. The highest BCUT2D eigenvalue weighted by Gasteiger charge is 2.12. The Bertz CT molecular complexity index is 498. The van der Waals surface area contributed by atoms with Crippen LogP contribution in [-0.4, -0.2) is 50.3 Å². The molecule has 2 aliphatic rings. The average molecular weight is 289 g/mol. The lowest BCUT2D eigenvalue weighted by atomic mass is 10.1. The Kier molecular flexibility index (Phi) is 4.72. The van der Waals surface area contributed by atoms with Crippen molar-refractivity contribution in [2.24, 2.45) is 0 Å². The van der Waals surface area contributed by atoms with E-state index in [1.165, 1.54) is 24.0 Å². The van der Waals surface area contributed by atoms with Crippen LogP contribution in [0.25, 0.3) is 0 Å². The molecule has 1 aliphatic heterocycles. The molecule has 21 heavy (non-hydrogen) atoms. The van der Waals surface area contributed by atoms with Gasteiger partial charge in [0.2, 0.25) is 0 Å². The maximum Gasteiger partial charge on any atom is 0.319 e. The van der Waals surface area contributed by atoms with Crippen LogP contribution >= 0.6 is 0 Å². The Morgan fingerprint density at radius 2 is 2.00 bits per heavy atom. The number of nitrogens with zero attached hydrogens (tertiary/aromatic N) is 1. The fraction of sp³-hybridized carbons (Fsp3) is 0.562. The number of amides is 2. The fourth-order valence-corrected chi connectivity index (χ4v) is 2.98. The Balaban J connectivity index is 1.41. The van der Waals surface area contributed by atoms with Crippen LogP contribution in [0.5, 0.6) is 0 Å². The third-order valence-corrected chi connectivity index (χ3v) is 4.17. The topological polar surface area (TPSA) is 53.6 Å². The highest BCUT2D eigenvalue weighted by Crippen LogP contribution is 2.24. The molecule has 1 aliphatic carbocycles. The van der Waals surface area contributed by atoms with Gasteiger partial charge in [0, 0.05) is 31.9 Å². The first-order chi connectivity index (χ1) is 10.3. The van der Waals surface area contributed by atoms with Gasteiger partial charge < -0.3 is 15.4 Å². The number of anilines is 1. The van der Waals surface area contributed by atoms with Gasteiger partial charge in [-0.3, -0.25) is 4.90 Å². The van der Waals surface area contributed by atoms with Crippen molar-refractivity contribution in [3.8, 4) is 0 Å². The second-order valence-electron chi connectivity index (χ2n) is 5.67. The third-order valence-electron chi connectivity index (χ3n) is 4.17. The number of nitrogens with one attached hydrogen (secondary N) is 2. The predicted molar refractivity (Wildman–Crippen MR) is 82.7 cm³/mol. The van der Waals surface area contributed by atoms with Crippen LogP contribution in [0.3, 0.4) is 0 Å². The molecule has 0 saturated carbocycles. The number of carbonyl (C=O) groups is 1. The van der Waals surface area contributed by atoms with E-state index >= 15 is 0 Å². The van der Waals surface area contributed by atoms with E-state index in [0.29, 0.717) is 6.54 Å². The monoisotopic (exact) mass is 289 g/mol. The Morgan fingerprint density at radius 3 is 2.86 bits per heavy atom. The highest BCUT2D eigenvalue weighted by molar-refractivity contribution is 5.89. The Morgan fingerprint density at radius 1 is 1.19 bits per heavy atom. The summed E-state index contributed by atoms with van der Waals surface area (Å²) in [5.41, 5.74) is 3.69. The van der Waals surface area contributed by atoms with E-state index in [2.05, 4.69) is 27.7 Å². The van der Waals surface area contributed by atoms with Crippen LogP contribution in [0.15, 0.2) is 18.2 Å². The summed E-state index contributed by atoms with van der Waals surface area (Å²) in [6.07, 6.45) is 3.52. The van der Waals surface area contributed by atoms with E-state index in [1.807, 2.05) is 6.07 Å². The van der Waals surface area contributed by atoms with Crippen molar-refractivity contribution in [2.75, 3.05) is 44.7 Å². The fourth-order valence-electron chi connectivity index (χ4n) is 2.98. The molecule has 5 nitrogen and oxygen atoms in total. The number of aryl methyl sites for hydroxylation is 2. The van der Waals surface area contributed by atoms with Gasteiger partial charge in [-0.15, -0.1) is 0 Å². The number of urea groups is 1. The van der Waals surface area contributed by atoms with Crippen LogP contribution < -0.4 is 10.6 Å². The smallest absolute Gasteiger partial charge is 0.319 e. The van der Waals surface area contributed by atoms with Crippen molar-refractivity contribution >= 4 is 11.7 Å². The van der Waals surface area contributed by atoms with Gasteiger partial charge in [-0.1, -0.05) is 6.07 Å². The molecule has 114 valence electrons. The van der Waals surface area contributed by atoms with Crippen molar-refractivity contribution in [3.05, 3.63) is 29.3 Å². The molecule has 2 N–H and O–H groups in total. The second-order valence-corrected chi connectivity index (χ2v) is 5.67. The SMILES string of the molecule is O=C(NCCN1CCOCC1)Nc1ccc2c(c1)CCC2. The minimum Gasteiger partial charge on any atom is -0.379 e. The first-order valence-electron chi connectivity index (χ1n) is 7.78. The van der Waals surface area contributed by atoms with E-state index < -0.39 is 0 Å². The quantitative estimate of drug-likeness (QED) is 0.886. The molecule has 0 atom stereocenters. The molecule has 3 rings (SSSR count). The largest absolute Gasteiger partial charge is 0.379 e. The summed E-state index contributed by atoms with van der Waals surface area (Å²) in [6.45, 7) is 5.03. The van der Waals surface area contributed by atoms with Gasteiger partial charge in [0.1, 0.15) is 0 Å². The minimum absolute atomic E-state index is 0.124. The van der Waals surface area contributed by atoms with Crippen molar-refractivity contribution < 1.29 is 9.53 Å². The first kappa shape index (κ1) is 14.4. The van der Waals surface area contributed by atoms with Crippen molar-refractivity contribution in [3.63, 3.8) is 0 Å². The molecule has 1 heterocycles. The summed E-state index contributed by atoms with van der Waals surface area (Å²) in [6, 6.07) is 6.10. The predicted octanol–water partition coefficient (Wildman–Crippen LogP) is 1.63. The number of fused-ring (bicyclic) bond motifs is 1. The van der Waals surface area contributed by atoms with Crippen LogP contribution in [0.1, 0.15) is 17.5 Å². The lowest BCUT2D eigenvalue weighted by Gasteiger charge is -2.26. The highest BCUT2D eigenvalue weighted by atomic mass is 16.5. The number of hydrogen-bond acceptors (Lipinski definition) is 3. The summed E-state index contributed by atoms with van der Waals surface area (Å²) in [5, 5.41) is 5.83. The number of rotatable bonds is 4. The minimum atomic E-state index is -0.124. The van der Waals surface area contributed by atoms with Crippen molar-refractivity contribution in [2.45, 2.75) is 19.3 Å². The zero-order chi connectivity index (χ0) is 14.5. The Labute approximate surface area is 125 Å². The summed E-state index contributed by atoms with van der Waals surface area (Å²) in [4.78, 5) is 14.2. The van der Waals surface area contributed by atoms with Gasteiger partial charge in [-0.25, -0.2) is 4.79 Å². The molecular formula is C16H23N3O2. The number of carbonyl (C=O) groups excluding carboxylic acids is 1. The van der Waals surface area contributed by atoms with Gasteiger partial charge in [0.25, 0.3) is 0 Å². The first-order valence-corrected chi connectivity index (χ1v) is 7.78. The average Bonchev–Trinajstić information content (AvgIpc) is 2.96. The number of ether oxygens (including phenoxy) is 1. The molecule has 1 saturated heterocycles. The zero-order valence-electron chi connectivity index (χ0n) is 12.4. The van der Waals surface area contributed by atoms with Crippen molar-refractivity contribution in [1.29, 1.82) is 0 Å². The molecule has 1 fully saturated rings.